The maximum atomic E-state index is 11.3. The van der Waals surface area contributed by atoms with Crippen molar-refractivity contribution in [2.75, 3.05) is 7.11 Å². The molecule has 0 aliphatic carbocycles. The van der Waals surface area contributed by atoms with Gasteiger partial charge in [-0.05, 0) is 35.2 Å². The highest BCUT2D eigenvalue weighted by Crippen LogP contribution is 2.27. The summed E-state index contributed by atoms with van der Waals surface area (Å²) >= 11 is 1.26. The first-order valence-corrected chi connectivity index (χ1v) is 6.81. The number of aryl methyl sites for hydroxylation is 1. The highest BCUT2D eigenvalue weighted by molar-refractivity contribution is 7.99. The van der Waals surface area contributed by atoms with Gasteiger partial charge in [0.05, 0.1) is 18.3 Å². The number of aromatic nitrogens is 7. The molecule has 0 aromatic carbocycles. The Kier molecular flexibility index (Phi) is 3.52. The number of hydrogen-bond donors (Lipinski definition) is 0. The van der Waals surface area contributed by atoms with Gasteiger partial charge in [-0.25, -0.2) is 14.2 Å². The molecule has 0 saturated carbocycles. The lowest BCUT2D eigenvalue weighted by Gasteiger charge is -2.03. The topological polar surface area (TPSA) is 100 Å². The van der Waals surface area contributed by atoms with Crippen molar-refractivity contribution in [3.05, 3.63) is 24.2 Å². The summed E-state index contributed by atoms with van der Waals surface area (Å²) < 4.78 is 7.71. The monoisotopic (exact) mass is 305 g/mol. The molecule has 0 saturated heterocycles. The molecule has 21 heavy (non-hydrogen) atoms. The molecule has 0 aliphatic heterocycles. The van der Waals surface area contributed by atoms with Crippen molar-refractivity contribution < 1.29 is 9.53 Å². The van der Waals surface area contributed by atoms with E-state index in [1.807, 2.05) is 13.0 Å². The van der Waals surface area contributed by atoms with Gasteiger partial charge in [-0.3, -0.25) is 4.79 Å². The van der Waals surface area contributed by atoms with Crippen LogP contribution in [0.2, 0.25) is 0 Å². The van der Waals surface area contributed by atoms with E-state index in [0.29, 0.717) is 10.2 Å². The standard InChI is InChI=1S/C11H11N7O2S/c1-7-5-8-10(12-3-4-17(8)14-7)21-11-13-15-16-18(11)6-9(19)20-2/h3-5H,6H2,1-2H3. The van der Waals surface area contributed by atoms with E-state index in [9.17, 15) is 4.79 Å². The molecule has 3 aromatic rings. The van der Waals surface area contributed by atoms with E-state index in [1.165, 1.54) is 23.6 Å². The van der Waals surface area contributed by atoms with Crippen molar-refractivity contribution in [3.63, 3.8) is 0 Å². The number of esters is 1. The molecule has 3 aromatic heterocycles. The van der Waals surface area contributed by atoms with Crippen molar-refractivity contribution in [2.45, 2.75) is 23.7 Å². The van der Waals surface area contributed by atoms with Gasteiger partial charge >= 0.3 is 5.97 Å². The molecule has 0 radical (unpaired) electrons. The van der Waals surface area contributed by atoms with Crippen LogP contribution < -0.4 is 0 Å². The van der Waals surface area contributed by atoms with Gasteiger partial charge in [-0.2, -0.15) is 5.10 Å². The molecule has 3 rings (SSSR count). The smallest absolute Gasteiger partial charge is 0.327 e. The molecule has 108 valence electrons. The van der Waals surface area contributed by atoms with E-state index in [2.05, 4.69) is 30.3 Å². The van der Waals surface area contributed by atoms with Crippen LogP contribution >= 0.6 is 11.8 Å². The summed E-state index contributed by atoms with van der Waals surface area (Å²) in [5, 5.41) is 16.7. The van der Waals surface area contributed by atoms with Gasteiger partial charge in [0.25, 0.3) is 0 Å². The summed E-state index contributed by atoms with van der Waals surface area (Å²) in [4.78, 5) is 15.6. The molecule has 0 unspecified atom stereocenters. The van der Waals surface area contributed by atoms with Gasteiger partial charge < -0.3 is 4.74 Å². The zero-order valence-corrected chi connectivity index (χ0v) is 12.1. The molecule has 0 aliphatic rings. The van der Waals surface area contributed by atoms with E-state index in [-0.39, 0.29) is 6.54 Å². The Morgan fingerprint density at radius 1 is 1.48 bits per heavy atom. The second kappa shape index (κ2) is 5.48. The Bertz CT molecular complexity index is 797. The van der Waals surface area contributed by atoms with E-state index in [1.54, 1.807) is 16.9 Å². The minimum atomic E-state index is -0.421. The fourth-order valence-corrected chi connectivity index (χ4v) is 2.57. The van der Waals surface area contributed by atoms with Crippen molar-refractivity contribution in [1.29, 1.82) is 0 Å². The third-order valence-electron chi connectivity index (χ3n) is 2.67. The maximum Gasteiger partial charge on any atom is 0.327 e. The van der Waals surface area contributed by atoms with Crippen molar-refractivity contribution >= 4 is 23.2 Å². The average molecular weight is 305 g/mol. The normalized spacial score (nSPS) is 11.0. The van der Waals surface area contributed by atoms with Crippen molar-refractivity contribution in [2.24, 2.45) is 0 Å². The van der Waals surface area contributed by atoms with Gasteiger partial charge in [0.1, 0.15) is 11.6 Å². The number of hydrogen-bond acceptors (Lipinski definition) is 8. The lowest BCUT2D eigenvalue weighted by atomic mass is 10.4. The first-order chi connectivity index (χ1) is 10.2. The third kappa shape index (κ3) is 2.70. The van der Waals surface area contributed by atoms with E-state index in [0.717, 1.165) is 11.2 Å². The largest absolute Gasteiger partial charge is 0.468 e. The number of nitrogens with zero attached hydrogens (tertiary/aromatic N) is 7. The number of tetrazole rings is 1. The molecule has 0 atom stereocenters. The van der Waals surface area contributed by atoms with E-state index in [4.69, 9.17) is 0 Å². The summed E-state index contributed by atoms with van der Waals surface area (Å²) in [6.07, 6.45) is 3.42. The zero-order chi connectivity index (χ0) is 14.8. The average Bonchev–Trinajstić information content (AvgIpc) is 3.05. The van der Waals surface area contributed by atoms with Crippen LogP contribution in [-0.2, 0) is 16.1 Å². The lowest BCUT2D eigenvalue weighted by molar-refractivity contribution is -0.141. The number of carbonyl (C=O) groups is 1. The van der Waals surface area contributed by atoms with Crippen LogP contribution in [0, 0.1) is 6.92 Å². The number of ether oxygens (including phenoxy) is 1. The predicted molar refractivity (Wildman–Crippen MR) is 71.7 cm³/mol. The predicted octanol–water partition coefficient (Wildman–Crippen LogP) is 0.348. The minimum absolute atomic E-state index is 0.0484. The molecule has 0 spiro atoms. The van der Waals surface area contributed by atoms with Crippen LogP contribution in [0.25, 0.3) is 5.52 Å². The summed E-state index contributed by atoms with van der Waals surface area (Å²) in [7, 11) is 1.32. The number of rotatable bonds is 4. The molecule has 0 bridgehead atoms. The van der Waals surface area contributed by atoms with E-state index < -0.39 is 5.97 Å². The van der Waals surface area contributed by atoms with Crippen LogP contribution in [-0.4, -0.2) is 47.9 Å². The van der Waals surface area contributed by atoms with Crippen LogP contribution in [0.4, 0.5) is 0 Å². The number of carbonyl (C=O) groups excluding carboxylic acids is 1. The summed E-state index contributed by atoms with van der Waals surface area (Å²) in [5.41, 5.74) is 1.74. The van der Waals surface area contributed by atoms with Gasteiger partial charge in [-0.15, -0.1) is 5.10 Å². The first-order valence-electron chi connectivity index (χ1n) is 5.99. The first kappa shape index (κ1) is 13.5. The van der Waals surface area contributed by atoms with Crippen LogP contribution in [0.5, 0.6) is 0 Å². The third-order valence-corrected chi connectivity index (χ3v) is 3.65. The van der Waals surface area contributed by atoms with Gasteiger partial charge in [0, 0.05) is 12.4 Å². The van der Waals surface area contributed by atoms with Crippen LogP contribution in [0.1, 0.15) is 5.69 Å². The van der Waals surface area contributed by atoms with Crippen LogP contribution in [0.15, 0.2) is 28.6 Å². The molecule has 0 amide bonds. The Balaban J connectivity index is 1.92. The molecule has 0 fully saturated rings. The zero-order valence-electron chi connectivity index (χ0n) is 11.3. The fraction of sp³-hybridized carbons (Fsp3) is 0.273. The Labute approximate surface area is 123 Å². The molecule has 3 heterocycles. The van der Waals surface area contributed by atoms with Crippen LogP contribution in [0.3, 0.4) is 0 Å². The fourth-order valence-electron chi connectivity index (χ4n) is 1.74. The molecular formula is C11H11N7O2S. The SMILES string of the molecule is COC(=O)Cn1nnnc1Sc1nccn2nc(C)cc12. The molecular weight excluding hydrogens is 294 g/mol. The Morgan fingerprint density at radius 2 is 2.33 bits per heavy atom. The van der Waals surface area contributed by atoms with Gasteiger partial charge in [0.15, 0.2) is 0 Å². The minimum Gasteiger partial charge on any atom is -0.468 e. The number of fused-ring (bicyclic) bond motifs is 1. The number of methoxy groups -OCH3 is 1. The summed E-state index contributed by atoms with van der Waals surface area (Å²) in [6, 6.07) is 1.92. The van der Waals surface area contributed by atoms with Gasteiger partial charge in [-0.1, -0.05) is 0 Å². The van der Waals surface area contributed by atoms with Crippen molar-refractivity contribution in [1.82, 2.24) is 34.8 Å². The quantitative estimate of drug-likeness (QED) is 0.636. The Morgan fingerprint density at radius 3 is 3.14 bits per heavy atom. The summed E-state index contributed by atoms with van der Waals surface area (Å²) in [6.45, 7) is 1.86. The Hall–Kier alpha value is -2.49. The lowest BCUT2D eigenvalue weighted by Crippen LogP contribution is -2.13. The highest BCUT2D eigenvalue weighted by atomic mass is 32.2. The van der Waals surface area contributed by atoms with Gasteiger partial charge in [0.2, 0.25) is 5.16 Å². The second-order valence-electron chi connectivity index (χ2n) is 4.15. The molecule has 9 nitrogen and oxygen atoms in total. The molecule has 10 heteroatoms. The summed E-state index contributed by atoms with van der Waals surface area (Å²) in [5.74, 6) is -0.421. The van der Waals surface area contributed by atoms with Crippen molar-refractivity contribution in [3.8, 4) is 0 Å². The highest BCUT2D eigenvalue weighted by Gasteiger charge is 2.15. The maximum absolute atomic E-state index is 11.3. The second-order valence-corrected chi connectivity index (χ2v) is 5.10. The van der Waals surface area contributed by atoms with E-state index >= 15 is 0 Å². The molecule has 0 N–H and O–H groups in total.